The van der Waals surface area contributed by atoms with Crippen LogP contribution in [-0.2, 0) is 26.8 Å². The van der Waals surface area contributed by atoms with Gasteiger partial charge < -0.3 is 27.7 Å². The number of hydrogen-bond acceptors (Lipinski definition) is 10. The van der Waals surface area contributed by atoms with Gasteiger partial charge in [0.1, 0.15) is 0 Å². The van der Waals surface area contributed by atoms with Crippen LogP contribution in [0.5, 0.6) is 5.75 Å². The van der Waals surface area contributed by atoms with Gasteiger partial charge in [0.05, 0.1) is 43.2 Å². The maximum atomic E-state index is 11.5. The summed E-state index contributed by atoms with van der Waals surface area (Å²) in [5, 5.41) is 3.08. The van der Waals surface area contributed by atoms with Crippen LogP contribution in [0.25, 0.3) is 44.2 Å². The number of oxazole rings is 1. The lowest BCUT2D eigenvalue weighted by atomic mass is 10.1. The summed E-state index contributed by atoms with van der Waals surface area (Å²) in [4.78, 5) is 2.94. The minimum Gasteiger partial charge on any atom is -0.748 e. The van der Waals surface area contributed by atoms with E-state index in [1.807, 2.05) is 119 Å². The standard InChI is InChI=1S/C37H35N3O8S3/c1-2-26(22-36-39(16-6-20-50(41,42)43)31-24-28(11-13-33(31)47-36)35-10-5-19-49-35)23-37-40(17-7-21-51(44,45)46)32-25-29(12-14-34(32)48-37)38-18-15-27-8-3-4-9-30(27)38/h3-5,8-15,18-19,22-25H,2,6-7,16-17,20-21H2,1H3,(H-,41,42,43,44,45,46)/p-1. The third kappa shape index (κ3) is 7.80. The van der Waals surface area contributed by atoms with Crippen molar-refractivity contribution in [2.45, 2.75) is 32.7 Å². The highest BCUT2D eigenvalue weighted by Gasteiger charge is 2.28. The fourth-order valence-electron chi connectivity index (χ4n) is 6.28. The normalized spacial score (nSPS) is 14.5. The zero-order valence-electron chi connectivity index (χ0n) is 27.6. The topological polar surface area (TPSA) is 149 Å². The summed E-state index contributed by atoms with van der Waals surface area (Å²) in [6, 6.07) is 25.7. The summed E-state index contributed by atoms with van der Waals surface area (Å²) in [5.41, 5.74) is 5.78. The van der Waals surface area contributed by atoms with E-state index in [1.54, 1.807) is 11.3 Å². The molecule has 3 aromatic heterocycles. The van der Waals surface area contributed by atoms with E-state index in [0.717, 1.165) is 43.8 Å². The number of aromatic nitrogens is 2. The third-order valence-electron chi connectivity index (χ3n) is 8.71. The highest BCUT2D eigenvalue weighted by Crippen LogP contribution is 2.43. The summed E-state index contributed by atoms with van der Waals surface area (Å²) in [6.07, 6.45) is 6.45. The van der Waals surface area contributed by atoms with E-state index in [1.165, 1.54) is 0 Å². The number of ether oxygens (including phenoxy) is 1. The first-order valence-electron chi connectivity index (χ1n) is 16.4. The number of benzene rings is 3. The van der Waals surface area contributed by atoms with Gasteiger partial charge in [0, 0.05) is 47.7 Å². The summed E-state index contributed by atoms with van der Waals surface area (Å²) in [7, 11) is -8.83. The van der Waals surface area contributed by atoms with Crippen LogP contribution in [-0.4, -0.2) is 48.6 Å². The van der Waals surface area contributed by atoms with E-state index in [0.29, 0.717) is 29.5 Å². The molecule has 0 saturated heterocycles. The molecule has 3 aromatic carbocycles. The van der Waals surface area contributed by atoms with Crippen LogP contribution in [0.3, 0.4) is 0 Å². The molecule has 1 aliphatic rings. The number of aryl methyl sites for hydroxylation is 1. The first-order chi connectivity index (χ1) is 24.5. The monoisotopic (exact) mass is 744 g/mol. The molecule has 0 saturated carbocycles. The van der Waals surface area contributed by atoms with Crippen molar-refractivity contribution in [3.63, 3.8) is 0 Å². The average molecular weight is 745 g/mol. The number of allylic oxidation sites excluding steroid dienone is 2. The minimum absolute atomic E-state index is 0.0899. The Morgan fingerprint density at radius 3 is 2.49 bits per heavy atom. The van der Waals surface area contributed by atoms with Gasteiger partial charge in [-0.05, 0) is 83.3 Å². The zero-order chi connectivity index (χ0) is 35.8. The quantitative estimate of drug-likeness (QED) is 0.0920. The number of nitrogens with zero attached hydrogens (tertiary/aromatic N) is 3. The van der Waals surface area contributed by atoms with E-state index >= 15 is 0 Å². The number of para-hydroxylation sites is 1. The summed E-state index contributed by atoms with van der Waals surface area (Å²) >= 11 is 1.60. The minimum atomic E-state index is -4.42. The molecule has 51 heavy (non-hydrogen) atoms. The maximum absolute atomic E-state index is 11.5. The number of anilines is 1. The molecule has 0 aliphatic carbocycles. The molecule has 6 aromatic rings. The molecule has 0 spiro atoms. The van der Waals surface area contributed by atoms with Crippen molar-refractivity contribution < 1.29 is 39.7 Å². The Labute approximate surface area is 299 Å². The van der Waals surface area contributed by atoms with Crippen LogP contribution < -0.4 is 14.2 Å². The van der Waals surface area contributed by atoms with Crippen LogP contribution in [0, 0.1) is 0 Å². The van der Waals surface area contributed by atoms with Gasteiger partial charge in [0.15, 0.2) is 12.3 Å². The second-order valence-electron chi connectivity index (χ2n) is 12.2. The van der Waals surface area contributed by atoms with Crippen molar-refractivity contribution >= 4 is 65.3 Å². The van der Waals surface area contributed by atoms with E-state index in [-0.39, 0.29) is 25.9 Å². The Hall–Kier alpha value is -4.73. The fraction of sp³-hybridized carbons (Fsp3) is 0.216. The molecule has 0 atom stereocenters. The maximum Gasteiger partial charge on any atom is 0.374 e. The van der Waals surface area contributed by atoms with Gasteiger partial charge in [0.25, 0.3) is 5.52 Å². The molecule has 0 amide bonds. The molecular formula is C37H34N3O8S3-. The molecule has 7 rings (SSSR count). The van der Waals surface area contributed by atoms with Crippen LogP contribution in [0.15, 0.2) is 112 Å². The number of thiophene rings is 1. The molecule has 0 radical (unpaired) electrons. The lowest BCUT2D eigenvalue weighted by molar-refractivity contribution is -0.677. The molecule has 264 valence electrons. The number of rotatable bonds is 13. The number of fused-ring (bicyclic) bond motifs is 3. The Morgan fingerprint density at radius 1 is 0.922 bits per heavy atom. The smallest absolute Gasteiger partial charge is 0.374 e. The van der Waals surface area contributed by atoms with Crippen LogP contribution in [0.4, 0.5) is 5.69 Å². The summed E-state index contributed by atoms with van der Waals surface area (Å²) in [5.74, 6) is 0.495. The van der Waals surface area contributed by atoms with E-state index < -0.39 is 31.7 Å². The second kappa shape index (κ2) is 14.1. The van der Waals surface area contributed by atoms with Crippen molar-refractivity contribution in [3.8, 4) is 21.9 Å². The Balaban J connectivity index is 1.28. The molecule has 4 heterocycles. The molecule has 0 unspecified atom stereocenters. The van der Waals surface area contributed by atoms with Crippen LogP contribution in [0.1, 0.15) is 32.1 Å². The van der Waals surface area contributed by atoms with E-state index in [9.17, 15) is 25.9 Å². The Kier molecular flexibility index (Phi) is 9.61. The van der Waals surface area contributed by atoms with E-state index in [4.69, 9.17) is 9.15 Å². The average Bonchev–Trinajstić information content (AvgIpc) is 3.89. The number of hydrogen-bond donors (Lipinski definition) is 0. The van der Waals surface area contributed by atoms with Gasteiger partial charge in [-0.25, -0.2) is 16.8 Å². The molecule has 0 fully saturated rings. The predicted octanol–water partition coefficient (Wildman–Crippen LogP) is 6.80. The molecule has 0 N–H and O–H groups in total. The predicted molar refractivity (Wildman–Crippen MR) is 196 cm³/mol. The van der Waals surface area contributed by atoms with Crippen molar-refractivity contribution in [1.82, 2.24) is 4.57 Å². The molecule has 1 aliphatic heterocycles. The van der Waals surface area contributed by atoms with Gasteiger partial charge in [0.2, 0.25) is 11.5 Å². The van der Waals surface area contributed by atoms with Gasteiger partial charge >= 0.3 is 5.89 Å². The van der Waals surface area contributed by atoms with Crippen molar-refractivity contribution in [3.05, 3.63) is 114 Å². The summed E-state index contributed by atoms with van der Waals surface area (Å²) in [6.45, 7) is 2.42. The lowest BCUT2D eigenvalue weighted by Crippen LogP contribution is -2.36. The summed E-state index contributed by atoms with van der Waals surface area (Å²) < 4.78 is 85.5. The zero-order valence-corrected chi connectivity index (χ0v) is 30.0. The molecule has 14 heteroatoms. The molecular weight excluding hydrogens is 711 g/mol. The third-order valence-corrected chi connectivity index (χ3v) is 11.2. The van der Waals surface area contributed by atoms with Crippen molar-refractivity contribution in [1.29, 1.82) is 0 Å². The highest BCUT2D eigenvalue weighted by atomic mass is 32.2. The first-order valence-corrected chi connectivity index (χ1v) is 20.4. The highest BCUT2D eigenvalue weighted by molar-refractivity contribution is 7.85. The van der Waals surface area contributed by atoms with Crippen LogP contribution >= 0.6 is 11.3 Å². The fourth-order valence-corrected chi connectivity index (χ4v) is 7.97. The Bertz CT molecular complexity index is 2510. The second-order valence-corrected chi connectivity index (χ2v) is 16.2. The lowest BCUT2D eigenvalue weighted by Gasteiger charge is -2.19. The SMILES string of the molecule is CCC(/C=C1\Oc2ccc(-c3cccs3)cc2N1CCCS(=O)(=O)[O-])=C\c1oc2ccc(-n3ccc4ccccc43)cc2[n+]1CCCS(=O)(=O)[O-]. The van der Waals surface area contributed by atoms with Gasteiger partial charge in [-0.3, -0.25) is 0 Å². The van der Waals surface area contributed by atoms with Crippen LogP contribution in [0.2, 0.25) is 0 Å². The van der Waals surface area contributed by atoms with Crippen molar-refractivity contribution in [2.24, 2.45) is 0 Å². The largest absolute Gasteiger partial charge is 0.748 e. The van der Waals surface area contributed by atoms with E-state index in [2.05, 4.69) is 4.57 Å². The molecule has 0 bridgehead atoms. The van der Waals surface area contributed by atoms with Crippen molar-refractivity contribution in [2.75, 3.05) is 23.0 Å². The van der Waals surface area contributed by atoms with Gasteiger partial charge in [-0.15, -0.1) is 11.3 Å². The first kappa shape index (κ1) is 34.7. The van der Waals surface area contributed by atoms with Gasteiger partial charge in [-0.2, -0.15) is 4.57 Å². The Morgan fingerprint density at radius 2 is 1.73 bits per heavy atom. The van der Waals surface area contributed by atoms with Gasteiger partial charge in [-0.1, -0.05) is 31.2 Å². The molecule has 11 nitrogen and oxygen atoms in total.